The first kappa shape index (κ1) is 24.5. The molecule has 0 bridgehead atoms. The Morgan fingerprint density at radius 1 is 0.921 bits per heavy atom. The molecule has 0 saturated heterocycles. The summed E-state index contributed by atoms with van der Waals surface area (Å²) in [6.07, 6.45) is 1.39. The maximum absolute atomic E-state index is 14.0. The topological polar surface area (TPSA) is 92.8 Å². The van der Waals surface area contributed by atoms with Crippen LogP contribution in [0.4, 0.5) is 4.39 Å². The Balaban J connectivity index is 1.38. The summed E-state index contributed by atoms with van der Waals surface area (Å²) in [5.74, 6) is -0.677. The van der Waals surface area contributed by atoms with Gasteiger partial charge in [-0.25, -0.2) is 14.6 Å². The van der Waals surface area contributed by atoms with E-state index >= 15 is 0 Å². The Bertz CT molecular complexity index is 1660. The smallest absolute Gasteiger partial charge is 0.343 e. The number of amides is 1. The number of aromatic amines is 1. The maximum atomic E-state index is 14.0. The van der Waals surface area contributed by atoms with E-state index in [0.29, 0.717) is 33.3 Å². The van der Waals surface area contributed by atoms with Gasteiger partial charge in [0.1, 0.15) is 23.0 Å². The van der Waals surface area contributed by atoms with Crippen molar-refractivity contribution in [3.63, 3.8) is 0 Å². The van der Waals surface area contributed by atoms with Crippen LogP contribution in [0.3, 0.4) is 0 Å². The van der Waals surface area contributed by atoms with Crippen LogP contribution in [0, 0.1) is 5.82 Å². The van der Waals surface area contributed by atoms with E-state index in [9.17, 15) is 14.0 Å². The normalized spacial score (nSPS) is 11.0. The summed E-state index contributed by atoms with van der Waals surface area (Å²) in [6.45, 7) is 0. The van der Waals surface area contributed by atoms with Crippen molar-refractivity contribution < 1.29 is 23.5 Å². The lowest BCUT2D eigenvalue weighted by atomic mass is 10.0. The Hall–Kier alpha value is -5.24. The highest BCUT2D eigenvalue weighted by atomic mass is 19.1. The van der Waals surface area contributed by atoms with Crippen LogP contribution in [-0.4, -0.2) is 30.2 Å². The van der Waals surface area contributed by atoms with Crippen molar-refractivity contribution in [2.75, 3.05) is 7.11 Å². The average Bonchev–Trinajstić information content (AvgIpc) is 3.33. The van der Waals surface area contributed by atoms with Crippen molar-refractivity contribution in [2.45, 2.75) is 0 Å². The van der Waals surface area contributed by atoms with Crippen LogP contribution in [0.2, 0.25) is 0 Å². The first-order valence-corrected chi connectivity index (χ1v) is 11.7. The number of esters is 1. The molecule has 1 aromatic heterocycles. The molecule has 0 aliphatic carbocycles. The summed E-state index contributed by atoms with van der Waals surface area (Å²) >= 11 is 0. The molecule has 38 heavy (non-hydrogen) atoms. The Labute approximate surface area is 217 Å². The monoisotopic (exact) mass is 507 g/mol. The number of hydrogen-bond acceptors (Lipinski definition) is 5. The fraction of sp³-hybridized carbons (Fsp3) is 0.0333. The van der Waals surface area contributed by atoms with Gasteiger partial charge in [-0.15, -0.1) is 0 Å². The van der Waals surface area contributed by atoms with Gasteiger partial charge in [0.05, 0.1) is 18.9 Å². The number of nitrogens with one attached hydrogen (secondary N) is 2. The van der Waals surface area contributed by atoms with Gasteiger partial charge in [-0.3, -0.25) is 4.79 Å². The molecule has 0 fully saturated rings. The minimum atomic E-state index is -0.563. The number of benzene rings is 4. The summed E-state index contributed by atoms with van der Waals surface area (Å²) in [7, 11) is 1.52. The summed E-state index contributed by atoms with van der Waals surface area (Å²) in [6, 6.07) is 27.0. The lowest BCUT2D eigenvalue weighted by Gasteiger charge is -2.08. The molecule has 188 valence electrons. The number of para-hydroxylation sites is 1. The summed E-state index contributed by atoms with van der Waals surface area (Å²) < 4.78 is 24.8. The molecule has 0 spiro atoms. The minimum absolute atomic E-state index is 0.242. The second kappa shape index (κ2) is 10.8. The Kier molecular flexibility index (Phi) is 6.95. The van der Waals surface area contributed by atoms with Gasteiger partial charge in [0.2, 0.25) is 0 Å². The number of carbonyl (C=O) groups excluding carboxylic acids is 2. The standard InChI is InChI=1S/C30H22FN3O4/c1-37-23-12-7-11-20(16-23)30(36)38-26-13-6-5-10-21(26)18-32-34-29(35)28-27(19-8-3-2-4-9-19)24-17-22(31)14-15-25(24)33-28/h2-18,33H,1H3,(H,34,35). The molecule has 5 aromatic rings. The number of hydrazone groups is 1. The average molecular weight is 508 g/mol. The molecule has 1 amide bonds. The van der Waals surface area contributed by atoms with E-state index in [1.54, 1.807) is 54.6 Å². The number of methoxy groups -OCH3 is 1. The molecule has 7 nitrogen and oxygen atoms in total. The maximum Gasteiger partial charge on any atom is 0.343 e. The fourth-order valence-corrected chi connectivity index (χ4v) is 4.04. The molecule has 0 atom stereocenters. The molecule has 5 rings (SSSR count). The van der Waals surface area contributed by atoms with Gasteiger partial charge in [-0.1, -0.05) is 48.5 Å². The molecule has 2 N–H and O–H groups in total. The van der Waals surface area contributed by atoms with Gasteiger partial charge < -0.3 is 14.5 Å². The van der Waals surface area contributed by atoms with Crippen LogP contribution in [0.25, 0.3) is 22.0 Å². The van der Waals surface area contributed by atoms with Crippen LogP contribution in [-0.2, 0) is 0 Å². The number of carbonyl (C=O) groups is 2. The van der Waals surface area contributed by atoms with Crippen molar-refractivity contribution in [1.29, 1.82) is 0 Å². The fourth-order valence-electron chi connectivity index (χ4n) is 4.04. The second-order valence-corrected chi connectivity index (χ2v) is 8.29. The van der Waals surface area contributed by atoms with E-state index < -0.39 is 17.7 Å². The molecule has 4 aromatic carbocycles. The van der Waals surface area contributed by atoms with E-state index in [2.05, 4.69) is 15.5 Å². The van der Waals surface area contributed by atoms with E-state index in [1.807, 2.05) is 30.3 Å². The number of ether oxygens (including phenoxy) is 2. The van der Waals surface area contributed by atoms with Crippen molar-refractivity contribution in [1.82, 2.24) is 10.4 Å². The lowest BCUT2D eigenvalue weighted by Crippen LogP contribution is -2.19. The van der Waals surface area contributed by atoms with Gasteiger partial charge in [0, 0.05) is 22.0 Å². The van der Waals surface area contributed by atoms with Crippen LogP contribution in [0.1, 0.15) is 26.4 Å². The van der Waals surface area contributed by atoms with Gasteiger partial charge in [0.25, 0.3) is 5.91 Å². The zero-order valence-electron chi connectivity index (χ0n) is 20.3. The van der Waals surface area contributed by atoms with Crippen molar-refractivity contribution >= 4 is 29.0 Å². The van der Waals surface area contributed by atoms with Crippen LogP contribution in [0.5, 0.6) is 11.5 Å². The van der Waals surface area contributed by atoms with Gasteiger partial charge in [0.15, 0.2) is 0 Å². The third-order valence-corrected chi connectivity index (χ3v) is 5.85. The molecular weight excluding hydrogens is 485 g/mol. The highest BCUT2D eigenvalue weighted by Crippen LogP contribution is 2.33. The zero-order valence-corrected chi connectivity index (χ0v) is 20.3. The number of fused-ring (bicyclic) bond motifs is 1. The number of hydrogen-bond donors (Lipinski definition) is 2. The minimum Gasteiger partial charge on any atom is -0.497 e. The highest BCUT2D eigenvalue weighted by Gasteiger charge is 2.19. The first-order valence-electron chi connectivity index (χ1n) is 11.7. The molecule has 0 saturated carbocycles. The molecular formula is C30H22FN3O4. The molecule has 0 radical (unpaired) electrons. The van der Waals surface area contributed by atoms with Gasteiger partial charge >= 0.3 is 5.97 Å². The molecule has 8 heteroatoms. The summed E-state index contributed by atoms with van der Waals surface area (Å²) in [4.78, 5) is 28.9. The van der Waals surface area contributed by atoms with Crippen molar-refractivity contribution in [2.24, 2.45) is 5.10 Å². The SMILES string of the molecule is COc1cccc(C(=O)Oc2ccccc2C=NNC(=O)c2[nH]c3ccc(F)cc3c2-c2ccccc2)c1. The highest BCUT2D eigenvalue weighted by molar-refractivity contribution is 6.09. The zero-order chi connectivity index (χ0) is 26.5. The predicted octanol–water partition coefficient (Wildman–Crippen LogP) is 5.97. The first-order chi connectivity index (χ1) is 18.5. The van der Waals surface area contributed by atoms with Crippen LogP contribution >= 0.6 is 0 Å². The van der Waals surface area contributed by atoms with Gasteiger partial charge in [-0.05, 0) is 54.1 Å². The van der Waals surface area contributed by atoms with Crippen molar-refractivity contribution in [3.8, 4) is 22.6 Å². The third-order valence-electron chi connectivity index (χ3n) is 5.85. The quantitative estimate of drug-likeness (QED) is 0.123. The van der Waals surface area contributed by atoms with E-state index in [4.69, 9.17) is 9.47 Å². The Morgan fingerprint density at radius 2 is 1.71 bits per heavy atom. The largest absolute Gasteiger partial charge is 0.497 e. The molecule has 1 heterocycles. The number of aromatic nitrogens is 1. The second-order valence-electron chi connectivity index (χ2n) is 8.29. The Morgan fingerprint density at radius 3 is 2.53 bits per heavy atom. The number of nitrogens with zero attached hydrogens (tertiary/aromatic N) is 1. The third kappa shape index (κ3) is 5.15. The van der Waals surface area contributed by atoms with Crippen LogP contribution in [0.15, 0.2) is 102 Å². The molecule has 0 aliphatic rings. The van der Waals surface area contributed by atoms with E-state index in [-0.39, 0.29) is 11.4 Å². The van der Waals surface area contributed by atoms with E-state index in [1.165, 1.54) is 25.5 Å². The number of halogens is 1. The predicted molar refractivity (Wildman–Crippen MR) is 143 cm³/mol. The number of rotatable bonds is 7. The molecule has 0 aliphatic heterocycles. The summed E-state index contributed by atoms with van der Waals surface area (Å²) in [5.41, 5.74) is 5.50. The molecule has 0 unspecified atom stereocenters. The lowest BCUT2D eigenvalue weighted by molar-refractivity contribution is 0.0733. The van der Waals surface area contributed by atoms with Crippen LogP contribution < -0.4 is 14.9 Å². The summed E-state index contributed by atoms with van der Waals surface area (Å²) in [5, 5.41) is 4.66. The van der Waals surface area contributed by atoms with Gasteiger partial charge in [-0.2, -0.15) is 5.10 Å². The van der Waals surface area contributed by atoms with Crippen molar-refractivity contribution in [3.05, 3.63) is 120 Å². The van der Waals surface area contributed by atoms with E-state index in [0.717, 1.165) is 5.56 Å². The number of H-pyrrole nitrogens is 1.